The van der Waals surface area contributed by atoms with Crippen molar-refractivity contribution in [1.29, 1.82) is 0 Å². The van der Waals surface area contributed by atoms with Crippen molar-refractivity contribution in [2.24, 2.45) is 0 Å². The molecule has 0 unspecified atom stereocenters. The molecule has 0 aliphatic heterocycles. The molecule has 126 valence electrons. The van der Waals surface area contributed by atoms with Crippen LogP contribution in [0, 0.1) is 0 Å². The SMILES string of the molecule is COc1ccc(/C=C/C(=O)NCCn2cnccc2=O)cc1OC. The Kier molecular flexibility index (Phi) is 6.13. The molecule has 0 aliphatic carbocycles. The molecule has 0 atom stereocenters. The van der Waals surface area contributed by atoms with E-state index in [0.29, 0.717) is 24.6 Å². The number of ether oxygens (including phenoxy) is 2. The van der Waals surface area contributed by atoms with Gasteiger partial charge >= 0.3 is 0 Å². The maximum atomic E-state index is 11.8. The third-order valence-electron chi connectivity index (χ3n) is 3.28. The Morgan fingerprint density at radius 2 is 2.04 bits per heavy atom. The van der Waals surface area contributed by atoms with Gasteiger partial charge in [-0.1, -0.05) is 6.07 Å². The molecular formula is C17H19N3O4. The van der Waals surface area contributed by atoms with Crippen LogP contribution in [0.4, 0.5) is 0 Å². The first-order chi connectivity index (χ1) is 11.6. The summed E-state index contributed by atoms with van der Waals surface area (Å²) >= 11 is 0. The fourth-order valence-corrected chi connectivity index (χ4v) is 2.03. The van der Waals surface area contributed by atoms with Gasteiger partial charge in [0.15, 0.2) is 11.5 Å². The third kappa shape index (κ3) is 4.70. The molecule has 0 spiro atoms. The highest BCUT2D eigenvalue weighted by atomic mass is 16.5. The molecule has 1 aromatic carbocycles. The summed E-state index contributed by atoms with van der Waals surface area (Å²) in [5.74, 6) is 0.971. The summed E-state index contributed by atoms with van der Waals surface area (Å²) in [5.41, 5.74) is 0.659. The van der Waals surface area contributed by atoms with E-state index < -0.39 is 0 Å². The quantitative estimate of drug-likeness (QED) is 0.769. The number of amides is 1. The Morgan fingerprint density at radius 1 is 1.25 bits per heavy atom. The number of methoxy groups -OCH3 is 2. The summed E-state index contributed by atoms with van der Waals surface area (Å²) in [4.78, 5) is 27.2. The maximum Gasteiger partial charge on any atom is 0.253 e. The Hall–Kier alpha value is -3.09. The number of rotatable bonds is 7. The molecule has 2 rings (SSSR count). The van der Waals surface area contributed by atoms with E-state index in [1.807, 2.05) is 6.07 Å². The number of hydrogen-bond donors (Lipinski definition) is 1. The van der Waals surface area contributed by atoms with Crippen molar-refractivity contribution in [3.63, 3.8) is 0 Å². The molecule has 1 amide bonds. The van der Waals surface area contributed by atoms with Gasteiger partial charge in [0.05, 0.1) is 20.5 Å². The van der Waals surface area contributed by atoms with Crippen molar-refractivity contribution >= 4 is 12.0 Å². The van der Waals surface area contributed by atoms with Gasteiger partial charge in [-0.15, -0.1) is 0 Å². The Morgan fingerprint density at radius 3 is 2.75 bits per heavy atom. The standard InChI is InChI=1S/C17H19N3O4/c1-23-14-5-3-13(11-15(14)24-2)4-6-16(21)19-9-10-20-12-18-8-7-17(20)22/h3-8,11-12H,9-10H2,1-2H3,(H,19,21)/b6-4+. The average molecular weight is 329 g/mol. The van der Waals surface area contributed by atoms with Crippen LogP contribution in [0.15, 0.2) is 47.7 Å². The van der Waals surface area contributed by atoms with Gasteiger partial charge in [-0.05, 0) is 23.8 Å². The molecule has 1 aromatic heterocycles. The lowest BCUT2D eigenvalue weighted by Gasteiger charge is -2.07. The zero-order valence-corrected chi connectivity index (χ0v) is 13.6. The second-order valence-corrected chi connectivity index (χ2v) is 4.85. The Balaban J connectivity index is 1.89. The zero-order chi connectivity index (χ0) is 17.4. The lowest BCUT2D eigenvalue weighted by molar-refractivity contribution is -0.116. The Bertz CT molecular complexity index is 783. The highest BCUT2D eigenvalue weighted by Crippen LogP contribution is 2.27. The number of carbonyl (C=O) groups excluding carboxylic acids is 1. The molecule has 1 N–H and O–H groups in total. The summed E-state index contributed by atoms with van der Waals surface area (Å²) < 4.78 is 11.8. The second kappa shape index (κ2) is 8.52. The van der Waals surface area contributed by atoms with Crippen LogP contribution in [0.3, 0.4) is 0 Å². The minimum Gasteiger partial charge on any atom is -0.493 e. The molecule has 0 radical (unpaired) electrons. The molecule has 0 fully saturated rings. The minimum atomic E-state index is -0.248. The molecule has 2 aromatic rings. The lowest BCUT2D eigenvalue weighted by Crippen LogP contribution is -2.29. The van der Waals surface area contributed by atoms with E-state index in [2.05, 4.69) is 10.3 Å². The summed E-state index contributed by atoms with van der Waals surface area (Å²) in [7, 11) is 3.12. The van der Waals surface area contributed by atoms with Crippen molar-refractivity contribution < 1.29 is 14.3 Å². The predicted octanol–water partition coefficient (Wildman–Crippen LogP) is 1.09. The summed E-state index contributed by atoms with van der Waals surface area (Å²) in [6, 6.07) is 6.74. The maximum absolute atomic E-state index is 11.8. The summed E-state index contributed by atoms with van der Waals surface area (Å²) in [5, 5.41) is 2.71. The number of nitrogens with zero attached hydrogens (tertiary/aromatic N) is 2. The van der Waals surface area contributed by atoms with E-state index in [-0.39, 0.29) is 11.5 Å². The fourth-order valence-electron chi connectivity index (χ4n) is 2.03. The molecule has 7 nitrogen and oxygen atoms in total. The van der Waals surface area contributed by atoms with Gasteiger partial charge in [-0.3, -0.25) is 14.2 Å². The fraction of sp³-hybridized carbons (Fsp3) is 0.235. The zero-order valence-electron chi connectivity index (χ0n) is 13.6. The number of aromatic nitrogens is 2. The third-order valence-corrected chi connectivity index (χ3v) is 3.28. The Labute approximate surface area is 139 Å². The molecular weight excluding hydrogens is 310 g/mol. The predicted molar refractivity (Wildman–Crippen MR) is 90.1 cm³/mol. The van der Waals surface area contributed by atoms with E-state index in [4.69, 9.17) is 9.47 Å². The van der Waals surface area contributed by atoms with Crippen LogP contribution >= 0.6 is 0 Å². The summed E-state index contributed by atoms with van der Waals surface area (Å²) in [6.07, 6.45) is 5.97. The van der Waals surface area contributed by atoms with Gasteiger partial charge in [-0.25, -0.2) is 4.98 Å². The first-order valence-electron chi connectivity index (χ1n) is 7.32. The van der Waals surface area contributed by atoms with Crippen molar-refractivity contribution in [2.45, 2.75) is 6.54 Å². The number of benzene rings is 1. The van der Waals surface area contributed by atoms with E-state index in [1.54, 1.807) is 32.4 Å². The normalized spacial score (nSPS) is 10.6. The average Bonchev–Trinajstić information content (AvgIpc) is 2.61. The number of carbonyl (C=O) groups is 1. The van der Waals surface area contributed by atoms with Crippen LogP contribution in [0.25, 0.3) is 6.08 Å². The molecule has 7 heteroatoms. The van der Waals surface area contributed by atoms with Crippen LogP contribution in [0.2, 0.25) is 0 Å². The van der Waals surface area contributed by atoms with Crippen molar-refractivity contribution in [3.05, 3.63) is 58.8 Å². The monoisotopic (exact) mass is 329 g/mol. The van der Waals surface area contributed by atoms with Crippen LogP contribution < -0.4 is 20.3 Å². The van der Waals surface area contributed by atoms with Crippen molar-refractivity contribution in [2.75, 3.05) is 20.8 Å². The molecule has 0 saturated carbocycles. The smallest absolute Gasteiger partial charge is 0.253 e. The first-order valence-corrected chi connectivity index (χ1v) is 7.32. The van der Waals surface area contributed by atoms with E-state index >= 15 is 0 Å². The first kappa shape index (κ1) is 17.3. The van der Waals surface area contributed by atoms with Crippen molar-refractivity contribution in [1.82, 2.24) is 14.9 Å². The second-order valence-electron chi connectivity index (χ2n) is 4.85. The van der Waals surface area contributed by atoms with E-state index in [1.165, 1.54) is 29.2 Å². The van der Waals surface area contributed by atoms with Crippen LogP contribution in [-0.4, -0.2) is 36.2 Å². The van der Waals surface area contributed by atoms with Gasteiger partial charge in [-0.2, -0.15) is 0 Å². The van der Waals surface area contributed by atoms with Gasteiger partial charge in [0.2, 0.25) is 5.91 Å². The van der Waals surface area contributed by atoms with Gasteiger partial charge in [0.1, 0.15) is 0 Å². The summed E-state index contributed by atoms with van der Waals surface area (Å²) in [6.45, 7) is 0.698. The largest absolute Gasteiger partial charge is 0.493 e. The van der Waals surface area contributed by atoms with Crippen LogP contribution in [0.1, 0.15) is 5.56 Å². The molecule has 1 heterocycles. The lowest BCUT2D eigenvalue weighted by atomic mass is 10.2. The molecule has 0 bridgehead atoms. The van der Waals surface area contributed by atoms with Crippen LogP contribution in [-0.2, 0) is 11.3 Å². The van der Waals surface area contributed by atoms with E-state index in [0.717, 1.165) is 5.56 Å². The van der Waals surface area contributed by atoms with E-state index in [9.17, 15) is 9.59 Å². The van der Waals surface area contributed by atoms with Gasteiger partial charge in [0.25, 0.3) is 5.56 Å². The highest BCUT2D eigenvalue weighted by Gasteiger charge is 2.03. The molecule has 0 aliphatic rings. The topological polar surface area (TPSA) is 82.5 Å². The molecule has 0 saturated heterocycles. The van der Waals surface area contributed by atoms with Crippen LogP contribution in [0.5, 0.6) is 11.5 Å². The van der Waals surface area contributed by atoms with Crippen molar-refractivity contribution in [3.8, 4) is 11.5 Å². The number of hydrogen-bond acceptors (Lipinski definition) is 5. The number of nitrogens with one attached hydrogen (secondary N) is 1. The highest BCUT2D eigenvalue weighted by molar-refractivity contribution is 5.91. The van der Waals surface area contributed by atoms with Gasteiger partial charge < -0.3 is 14.8 Å². The van der Waals surface area contributed by atoms with Gasteiger partial charge in [0, 0.05) is 31.4 Å². The minimum absolute atomic E-state index is 0.153. The molecule has 24 heavy (non-hydrogen) atoms.